The Kier molecular flexibility index (Phi) is 19.9. The predicted molar refractivity (Wildman–Crippen MR) is 116 cm³/mol. The van der Waals surface area contributed by atoms with Crippen molar-refractivity contribution < 1.29 is 29.6 Å². The first-order valence-electron chi connectivity index (χ1n) is 10.4. The van der Waals surface area contributed by atoms with E-state index in [4.69, 9.17) is 0 Å². The van der Waals surface area contributed by atoms with E-state index in [2.05, 4.69) is 13.8 Å². The van der Waals surface area contributed by atoms with Gasteiger partial charge in [-0.25, -0.2) is 9.86 Å². The van der Waals surface area contributed by atoms with E-state index >= 15 is 0 Å². The number of hydroxylamine groups is 2. The number of amides is 1. The first kappa shape index (κ1) is 32.6. The number of aliphatic hydroxyl groups is 1. The Morgan fingerprint density at radius 2 is 1.31 bits per heavy atom. The van der Waals surface area contributed by atoms with Crippen LogP contribution in [0.2, 0.25) is 0 Å². The summed E-state index contributed by atoms with van der Waals surface area (Å²) in [7, 11) is -0.462. The van der Waals surface area contributed by atoms with Crippen molar-refractivity contribution in [2.75, 3.05) is 6.54 Å². The molecule has 0 aliphatic heterocycles. The summed E-state index contributed by atoms with van der Waals surface area (Å²) in [6, 6.07) is -2.83. The summed E-state index contributed by atoms with van der Waals surface area (Å²) in [4.78, 5) is 25.7. The number of carboxylic acid groups (broad SMARTS) is 1. The van der Waals surface area contributed by atoms with Crippen LogP contribution in [0.4, 0.5) is 0 Å². The molecule has 8 nitrogen and oxygen atoms in total. The first-order valence-corrected chi connectivity index (χ1v) is 11.3. The lowest BCUT2D eigenvalue weighted by Gasteiger charge is -2.39. The quantitative estimate of drug-likeness (QED) is 0.267. The van der Waals surface area contributed by atoms with Crippen molar-refractivity contribution >= 4 is 20.3 Å². The fraction of sp³-hybridized carbons (Fsp3) is 0.900. The summed E-state index contributed by atoms with van der Waals surface area (Å²) in [5.41, 5.74) is 0. The summed E-state index contributed by atoms with van der Waals surface area (Å²) < 4.78 is 10.9. The minimum atomic E-state index is -1.37. The van der Waals surface area contributed by atoms with Gasteiger partial charge in [0.1, 0.15) is 5.85 Å². The van der Waals surface area contributed by atoms with Crippen LogP contribution in [0.1, 0.15) is 75.7 Å². The third kappa shape index (κ3) is 11.0. The Morgan fingerprint density at radius 1 is 0.931 bits per heavy atom. The van der Waals surface area contributed by atoms with Crippen LogP contribution in [-0.2, 0) is 14.2 Å². The Balaban J connectivity index is -0.00000123. The van der Waals surface area contributed by atoms with E-state index in [0.717, 1.165) is 0 Å². The van der Waals surface area contributed by atoms with Crippen molar-refractivity contribution in [2.45, 2.75) is 99.6 Å². The van der Waals surface area contributed by atoms with Crippen molar-refractivity contribution in [2.24, 2.45) is 11.8 Å². The summed E-state index contributed by atoms with van der Waals surface area (Å²) in [6.07, 6.45) is 1.25. The number of carbonyl (C=O) groups is 2. The van der Waals surface area contributed by atoms with E-state index in [1.165, 1.54) is 6.42 Å². The summed E-state index contributed by atoms with van der Waals surface area (Å²) >= 11 is 0. The maximum atomic E-state index is 12.8. The predicted octanol–water partition coefficient (Wildman–Crippen LogP) is 4.10. The molecule has 0 fully saturated rings. The van der Waals surface area contributed by atoms with Crippen LogP contribution in [0.3, 0.4) is 0 Å². The smallest absolute Gasteiger partial charge is 0.329 e. The second-order valence-corrected chi connectivity index (χ2v) is 7.94. The van der Waals surface area contributed by atoms with E-state index in [1.54, 1.807) is 46.4 Å². The topological polar surface area (TPSA) is 118 Å². The number of hydrogen-bond acceptors (Lipinski definition) is 6. The van der Waals surface area contributed by atoms with Gasteiger partial charge in [0.2, 0.25) is 0 Å². The largest absolute Gasteiger partial charge is 0.480 e. The van der Waals surface area contributed by atoms with Crippen molar-refractivity contribution in [3.63, 3.8) is 0 Å². The molecule has 0 heterocycles. The molecule has 4 atom stereocenters. The fourth-order valence-electron chi connectivity index (χ4n) is 2.75. The number of aliphatic carboxylic acids is 1. The average Bonchev–Trinajstić information content (AvgIpc) is 2.65. The summed E-state index contributed by atoms with van der Waals surface area (Å²) in [5, 5.41) is 29.6. The first-order chi connectivity index (χ1) is 13.4. The number of carboxylic acids is 1. The lowest BCUT2D eigenvalue weighted by atomic mass is 9.97. The van der Waals surface area contributed by atoms with Crippen LogP contribution in [0.25, 0.3) is 0 Å². The molecule has 0 aliphatic carbocycles. The van der Waals surface area contributed by atoms with E-state index in [-0.39, 0.29) is 11.0 Å². The van der Waals surface area contributed by atoms with Crippen molar-refractivity contribution in [3.05, 3.63) is 0 Å². The van der Waals surface area contributed by atoms with E-state index in [9.17, 15) is 29.6 Å². The Morgan fingerprint density at radius 3 is 1.55 bits per heavy atom. The number of rotatable bonds is 10. The molecular formula is C20H43N2O6P. The Hall–Kier alpha value is -1.08. The highest BCUT2D eigenvalue weighted by atomic mass is 31.1. The molecule has 0 spiro atoms. The van der Waals surface area contributed by atoms with Gasteiger partial charge in [-0.2, -0.15) is 0 Å². The normalized spacial score (nSPS) is 15.0. The van der Waals surface area contributed by atoms with Crippen LogP contribution < -0.4 is 0 Å². The Labute approximate surface area is 178 Å². The zero-order chi connectivity index (χ0) is 23.9. The van der Waals surface area contributed by atoms with Crippen LogP contribution in [-0.4, -0.2) is 67.8 Å². The number of aliphatic hydroxyl groups excluding tert-OH is 1. The molecule has 0 radical (unpaired) electrons. The third-order valence-corrected chi connectivity index (χ3v) is 4.69. The third-order valence-electron chi connectivity index (χ3n) is 4.04. The Bertz CT molecular complexity index is 462. The zero-order valence-electron chi connectivity index (χ0n) is 19.8. The maximum Gasteiger partial charge on any atom is 0.329 e. The van der Waals surface area contributed by atoms with Crippen molar-refractivity contribution in [1.82, 2.24) is 9.96 Å². The van der Waals surface area contributed by atoms with Gasteiger partial charge in [0.05, 0.1) is 6.04 Å². The van der Waals surface area contributed by atoms with Gasteiger partial charge in [0.25, 0.3) is 5.91 Å². The number of nitrogens with zero attached hydrogens (tertiary/aromatic N) is 2. The molecule has 174 valence electrons. The lowest BCUT2D eigenvalue weighted by Crippen LogP contribution is -2.58. The van der Waals surface area contributed by atoms with Crippen LogP contribution >= 0.6 is 8.46 Å². The van der Waals surface area contributed by atoms with Crippen LogP contribution in [0.5, 0.6) is 0 Å². The molecular weight excluding hydrogens is 395 g/mol. The monoisotopic (exact) mass is 438 g/mol. The molecule has 0 aromatic rings. The highest BCUT2D eigenvalue weighted by molar-refractivity contribution is 7.24. The fourth-order valence-corrected chi connectivity index (χ4v) is 3.10. The maximum absolute atomic E-state index is 12.8. The minimum absolute atomic E-state index is 0.258. The number of carbonyl (C=O) groups excluding carboxylic acids is 1. The van der Waals surface area contributed by atoms with Gasteiger partial charge < -0.3 is 10.2 Å². The second-order valence-electron chi connectivity index (χ2n) is 7.20. The number of hydrogen-bond donors (Lipinski definition) is 3. The molecule has 3 N–H and O–H groups in total. The molecule has 9 heteroatoms. The SMILES string of the molecule is CC.CCC.CCN(C(C)C(O)P=O)C(C(=O)N(O)C(C(=O)O)C(C)C)C(C)C. The average molecular weight is 439 g/mol. The summed E-state index contributed by atoms with van der Waals surface area (Å²) in [6.45, 7) is 18.7. The second kappa shape index (κ2) is 17.8. The summed E-state index contributed by atoms with van der Waals surface area (Å²) in [5.74, 6) is -3.98. The molecule has 0 aliphatic rings. The van der Waals surface area contributed by atoms with Gasteiger partial charge in [0, 0.05) is 6.04 Å². The standard InChI is InChI=1S/C15H29N2O6P.C3H8.C2H6/c1-7-16(10(6)15(21)24-23)11(8(2)3)13(18)17(22)12(9(4)5)14(19)20;1-3-2;1-2/h8-12,15,21-22H,7H2,1-6H3,(H,19,20);3H2,1-2H3;1-2H3. The molecule has 0 bridgehead atoms. The molecule has 1 amide bonds. The molecule has 0 rings (SSSR count). The molecule has 29 heavy (non-hydrogen) atoms. The molecule has 4 unspecified atom stereocenters. The van der Waals surface area contributed by atoms with Gasteiger partial charge in [0.15, 0.2) is 14.5 Å². The van der Waals surface area contributed by atoms with E-state index < -0.39 is 50.2 Å². The van der Waals surface area contributed by atoms with Gasteiger partial charge in [-0.3, -0.25) is 19.5 Å². The van der Waals surface area contributed by atoms with Gasteiger partial charge in [-0.05, 0) is 25.3 Å². The molecule has 0 saturated carbocycles. The zero-order valence-corrected chi connectivity index (χ0v) is 20.7. The molecule has 0 aromatic carbocycles. The number of likely N-dealkylation sites (N-methyl/N-ethyl adjacent to an activating group) is 1. The van der Waals surface area contributed by atoms with Crippen molar-refractivity contribution in [3.8, 4) is 0 Å². The highest BCUT2D eigenvalue weighted by Crippen LogP contribution is 2.23. The van der Waals surface area contributed by atoms with E-state index in [1.807, 2.05) is 13.8 Å². The highest BCUT2D eigenvalue weighted by Gasteiger charge is 2.40. The molecule has 0 aromatic heterocycles. The van der Waals surface area contributed by atoms with Gasteiger partial charge >= 0.3 is 5.97 Å². The molecule has 0 saturated heterocycles. The van der Waals surface area contributed by atoms with Crippen LogP contribution in [0, 0.1) is 11.8 Å². The minimum Gasteiger partial charge on any atom is -0.480 e. The lowest BCUT2D eigenvalue weighted by molar-refractivity contribution is -0.196. The van der Waals surface area contributed by atoms with Gasteiger partial charge in [-0.15, -0.1) is 0 Å². The van der Waals surface area contributed by atoms with Crippen molar-refractivity contribution in [1.29, 1.82) is 0 Å². The van der Waals surface area contributed by atoms with E-state index in [0.29, 0.717) is 6.54 Å². The van der Waals surface area contributed by atoms with Gasteiger partial charge in [-0.1, -0.05) is 68.7 Å². The van der Waals surface area contributed by atoms with Crippen LogP contribution in [0.15, 0.2) is 0 Å².